The van der Waals surface area contributed by atoms with Gasteiger partial charge in [-0.3, -0.25) is 4.79 Å². The third-order valence-corrected chi connectivity index (χ3v) is 3.40. The summed E-state index contributed by atoms with van der Waals surface area (Å²) in [5, 5.41) is 2.21. The van der Waals surface area contributed by atoms with Gasteiger partial charge in [-0.2, -0.15) is 0 Å². The minimum atomic E-state index is -0.567. The summed E-state index contributed by atoms with van der Waals surface area (Å²) < 4.78 is 0. The molecular formula is C12H15N5OS. The lowest BCUT2D eigenvalue weighted by Gasteiger charge is -2.08. The van der Waals surface area contributed by atoms with Gasteiger partial charge in [0, 0.05) is 23.0 Å². The normalized spacial score (nSPS) is 12.3. The third-order valence-electron chi connectivity index (χ3n) is 2.62. The number of nitrogens with two attached hydrogens (primary N) is 2. The van der Waals surface area contributed by atoms with E-state index in [1.54, 1.807) is 11.6 Å². The number of aryl methyl sites for hydroxylation is 2. The third kappa shape index (κ3) is 3.55. The molecule has 0 spiro atoms. The molecule has 0 amide bonds. The van der Waals surface area contributed by atoms with E-state index in [0.29, 0.717) is 17.8 Å². The number of anilines is 1. The van der Waals surface area contributed by atoms with Gasteiger partial charge in [0.1, 0.15) is 0 Å². The molecule has 0 bridgehead atoms. The van der Waals surface area contributed by atoms with Gasteiger partial charge in [0.15, 0.2) is 5.01 Å². The van der Waals surface area contributed by atoms with Gasteiger partial charge in [-0.1, -0.05) is 0 Å². The molecule has 0 radical (unpaired) electrons. The predicted octanol–water partition coefficient (Wildman–Crippen LogP) is 0.967. The van der Waals surface area contributed by atoms with Crippen LogP contribution in [0.3, 0.4) is 0 Å². The van der Waals surface area contributed by atoms with Crippen molar-refractivity contribution in [1.82, 2.24) is 15.0 Å². The standard InChI is InChI=1S/C12H15N5OS/c1-7-6-8(17-12(14)16-7)2-3-9(13)10(18)11-15-4-5-19-11/h4-6,9H,2-3,13H2,1H3,(H2,14,16,17). The van der Waals surface area contributed by atoms with E-state index in [-0.39, 0.29) is 11.7 Å². The SMILES string of the molecule is Cc1cc(CCC(N)C(=O)c2nccs2)nc(N)n1. The fraction of sp³-hybridized carbons (Fsp3) is 0.333. The van der Waals surface area contributed by atoms with Crippen molar-refractivity contribution in [2.45, 2.75) is 25.8 Å². The quantitative estimate of drug-likeness (QED) is 0.788. The highest BCUT2D eigenvalue weighted by molar-refractivity contribution is 7.11. The average Bonchev–Trinajstić information content (AvgIpc) is 2.87. The average molecular weight is 277 g/mol. The molecule has 2 heterocycles. The molecule has 0 aliphatic heterocycles. The maximum Gasteiger partial charge on any atom is 0.220 e. The number of aromatic nitrogens is 3. The van der Waals surface area contributed by atoms with Gasteiger partial charge >= 0.3 is 0 Å². The Morgan fingerprint density at radius 3 is 2.89 bits per heavy atom. The van der Waals surface area contributed by atoms with E-state index in [9.17, 15) is 4.79 Å². The maximum absolute atomic E-state index is 11.9. The van der Waals surface area contributed by atoms with Gasteiger partial charge in [0.2, 0.25) is 11.7 Å². The van der Waals surface area contributed by atoms with E-state index in [0.717, 1.165) is 11.4 Å². The van der Waals surface area contributed by atoms with Crippen molar-refractivity contribution in [2.75, 3.05) is 5.73 Å². The van der Waals surface area contributed by atoms with Crippen LogP contribution in [0.5, 0.6) is 0 Å². The molecule has 1 unspecified atom stereocenters. The molecule has 2 aromatic heterocycles. The van der Waals surface area contributed by atoms with E-state index >= 15 is 0 Å². The molecule has 0 saturated heterocycles. The predicted molar refractivity (Wildman–Crippen MR) is 73.9 cm³/mol. The lowest BCUT2D eigenvalue weighted by atomic mass is 10.1. The molecule has 2 rings (SSSR count). The molecule has 0 aliphatic carbocycles. The summed E-state index contributed by atoms with van der Waals surface area (Å²) in [6.07, 6.45) is 2.69. The second-order valence-electron chi connectivity index (χ2n) is 4.21. The monoisotopic (exact) mass is 277 g/mol. The minimum absolute atomic E-state index is 0.131. The zero-order chi connectivity index (χ0) is 13.8. The van der Waals surface area contributed by atoms with E-state index in [2.05, 4.69) is 15.0 Å². The van der Waals surface area contributed by atoms with Crippen LogP contribution in [0, 0.1) is 6.92 Å². The van der Waals surface area contributed by atoms with E-state index < -0.39 is 6.04 Å². The zero-order valence-electron chi connectivity index (χ0n) is 10.5. The van der Waals surface area contributed by atoms with E-state index in [4.69, 9.17) is 11.5 Å². The first-order valence-corrected chi connectivity index (χ1v) is 6.73. The molecule has 0 fully saturated rings. The summed E-state index contributed by atoms with van der Waals surface area (Å²) in [4.78, 5) is 24.0. The molecule has 100 valence electrons. The number of carbonyl (C=O) groups excluding carboxylic acids is 1. The molecule has 6 nitrogen and oxygen atoms in total. The number of ketones is 1. The zero-order valence-corrected chi connectivity index (χ0v) is 11.4. The van der Waals surface area contributed by atoms with Crippen LogP contribution in [0.15, 0.2) is 17.6 Å². The van der Waals surface area contributed by atoms with Crippen molar-refractivity contribution >= 4 is 23.1 Å². The summed E-state index contributed by atoms with van der Waals surface area (Å²) in [7, 11) is 0. The second kappa shape index (κ2) is 5.85. The molecule has 2 aromatic rings. The smallest absolute Gasteiger partial charge is 0.220 e. The van der Waals surface area contributed by atoms with Gasteiger partial charge in [0.25, 0.3) is 0 Å². The number of nitrogens with zero attached hydrogens (tertiary/aromatic N) is 3. The van der Waals surface area contributed by atoms with Crippen LogP contribution in [-0.2, 0) is 6.42 Å². The van der Waals surface area contributed by atoms with Crippen LogP contribution in [0.1, 0.15) is 27.6 Å². The fourth-order valence-corrected chi connectivity index (χ4v) is 2.36. The van der Waals surface area contributed by atoms with E-state index in [1.807, 2.05) is 13.0 Å². The number of hydrogen-bond acceptors (Lipinski definition) is 7. The Bertz CT molecular complexity index is 549. The first-order chi connectivity index (χ1) is 9.06. The van der Waals surface area contributed by atoms with Gasteiger partial charge in [-0.15, -0.1) is 11.3 Å². The van der Waals surface area contributed by atoms with Gasteiger partial charge in [-0.05, 0) is 25.8 Å². The number of hydrogen-bond donors (Lipinski definition) is 2. The molecular weight excluding hydrogens is 262 g/mol. The van der Waals surface area contributed by atoms with Gasteiger partial charge in [0.05, 0.1) is 6.04 Å². The van der Waals surface area contributed by atoms with Crippen molar-refractivity contribution in [2.24, 2.45) is 5.73 Å². The molecule has 0 saturated carbocycles. The molecule has 1 atom stereocenters. The van der Waals surface area contributed by atoms with Crippen molar-refractivity contribution in [3.63, 3.8) is 0 Å². The van der Waals surface area contributed by atoms with Crippen LogP contribution in [0.25, 0.3) is 0 Å². The summed E-state index contributed by atoms with van der Waals surface area (Å²) in [6.45, 7) is 1.85. The number of thiazole rings is 1. The number of nitrogen functional groups attached to an aromatic ring is 1. The highest BCUT2D eigenvalue weighted by Gasteiger charge is 2.18. The van der Waals surface area contributed by atoms with Crippen LogP contribution >= 0.6 is 11.3 Å². The largest absolute Gasteiger partial charge is 0.368 e. The molecule has 0 aromatic carbocycles. The molecule has 19 heavy (non-hydrogen) atoms. The summed E-state index contributed by atoms with van der Waals surface area (Å²) in [6, 6.07) is 1.28. The highest BCUT2D eigenvalue weighted by atomic mass is 32.1. The highest BCUT2D eigenvalue weighted by Crippen LogP contribution is 2.11. The Kier molecular flexibility index (Phi) is 4.18. The first kappa shape index (κ1) is 13.6. The van der Waals surface area contributed by atoms with Crippen molar-refractivity contribution < 1.29 is 4.79 Å². The number of rotatable bonds is 5. The molecule has 4 N–H and O–H groups in total. The molecule has 0 aliphatic rings. The number of Topliss-reactive ketones (excluding diaryl/α,β-unsaturated/α-hetero) is 1. The summed E-state index contributed by atoms with van der Waals surface area (Å²) in [5.74, 6) is 0.114. The van der Waals surface area contributed by atoms with Crippen LogP contribution in [0.2, 0.25) is 0 Å². The van der Waals surface area contributed by atoms with Crippen LogP contribution in [0.4, 0.5) is 5.95 Å². The van der Waals surface area contributed by atoms with Crippen molar-refractivity contribution in [3.05, 3.63) is 34.0 Å². The van der Waals surface area contributed by atoms with E-state index in [1.165, 1.54) is 11.3 Å². The van der Waals surface area contributed by atoms with Crippen LogP contribution < -0.4 is 11.5 Å². The lowest BCUT2D eigenvalue weighted by molar-refractivity contribution is 0.0957. The Hall–Kier alpha value is -1.86. The molecule has 7 heteroatoms. The lowest BCUT2D eigenvalue weighted by Crippen LogP contribution is -2.31. The van der Waals surface area contributed by atoms with Gasteiger partial charge in [-0.25, -0.2) is 15.0 Å². The maximum atomic E-state index is 11.9. The van der Waals surface area contributed by atoms with Crippen molar-refractivity contribution in [3.8, 4) is 0 Å². The topological polar surface area (TPSA) is 108 Å². The van der Waals surface area contributed by atoms with Gasteiger partial charge < -0.3 is 11.5 Å². The Labute approximate surface area is 114 Å². The van der Waals surface area contributed by atoms with Crippen molar-refractivity contribution in [1.29, 1.82) is 0 Å². The Morgan fingerprint density at radius 1 is 1.47 bits per heavy atom. The fourth-order valence-electron chi connectivity index (χ4n) is 1.72. The summed E-state index contributed by atoms with van der Waals surface area (Å²) >= 11 is 1.30. The Morgan fingerprint density at radius 2 is 2.26 bits per heavy atom. The second-order valence-corrected chi connectivity index (χ2v) is 5.10. The number of carbonyl (C=O) groups is 1. The Balaban J connectivity index is 1.96. The first-order valence-electron chi connectivity index (χ1n) is 5.85. The van der Waals surface area contributed by atoms with Crippen LogP contribution in [-0.4, -0.2) is 26.8 Å². The summed E-state index contributed by atoms with van der Waals surface area (Å²) in [5.41, 5.74) is 13.1. The minimum Gasteiger partial charge on any atom is -0.368 e.